The van der Waals surface area contributed by atoms with Crippen molar-refractivity contribution in [2.45, 2.75) is 26.7 Å². The summed E-state index contributed by atoms with van der Waals surface area (Å²) in [6, 6.07) is 19.8. The first-order valence-electron chi connectivity index (χ1n) is 12.1. The Morgan fingerprint density at radius 2 is 1.61 bits per heavy atom. The van der Waals surface area contributed by atoms with Crippen molar-refractivity contribution < 1.29 is 23.9 Å². The van der Waals surface area contributed by atoms with E-state index in [1.807, 2.05) is 13.8 Å². The number of nitrogens with one attached hydrogen (secondary N) is 2. The Kier molecular flexibility index (Phi) is 8.23. The van der Waals surface area contributed by atoms with Crippen LogP contribution in [0.25, 0.3) is 0 Å². The molecule has 0 spiro atoms. The number of imide groups is 1. The molecule has 0 aromatic heterocycles. The van der Waals surface area contributed by atoms with Crippen LogP contribution in [0.4, 0.5) is 17.1 Å². The molecule has 0 bridgehead atoms. The molecule has 3 aromatic rings. The zero-order valence-electron chi connectivity index (χ0n) is 20.9. The summed E-state index contributed by atoms with van der Waals surface area (Å²) in [6.45, 7) is 4.26. The van der Waals surface area contributed by atoms with E-state index in [0.717, 1.165) is 23.3 Å². The van der Waals surface area contributed by atoms with Gasteiger partial charge in [0.25, 0.3) is 17.7 Å². The summed E-state index contributed by atoms with van der Waals surface area (Å²) < 4.78 is 5.22. The number of esters is 1. The molecule has 4 rings (SSSR count). The van der Waals surface area contributed by atoms with Crippen molar-refractivity contribution in [3.05, 3.63) is 100 Å². The molecule has 194 valence electrons. The minimum atomic E-state index is -0.615. The number of ether oxygens (including phenoxy) is 1. The number of hydrogen-bond acceptors (Lipinski definition) is 6. The Labute approximate surface area is 225 Å². The van der Waals surface area contributed by atoms with E-state index in [-0.39, 0.29) is 16.6 Å². The number of rotatable bonds is 9. The average molecular weight is 532 g/mol. The molecule has 1 heterocycles. The third-order valence-electron chi connectivity index (χ3n) is 5.82. The quantitative estimate of drug-likeness (QED) is 0.210. The second kappa shape index (κ2) is 11.7. The van der Waals surface area contributed by atoms with Crippen molar-refractivity contribution in [2.24, 2.45) is 0 Å². The molecule has 3 amide bonds. The maximum absolute atomic E-state index is 12.9. The van der Waals surface area contributed by atoms with Crippen molar-refractivity contribution in [1.29, 1.82) is 0 Å². The van der Waals surface area contributed by atoms with Crippen molar-refractivity contribution in [3.8, 4) is 0 Å². The van der Waals surface area contributed by atoms with E-state index in [9.17, 15) is 19.2 Å². The maximum Gasteiger partial charge on any atom is 0.338 e. The van der Waals surface area contributed by atoms with Gasteiger partial charge in [0, 0.05) is 16.9 Å². The fourth-order valence-electron chi connectivity index (χ4n) is 3.71. The summed E-state index contributed by atoms with van der Waals surface area (Å²) in [7, 11) is 0. The summed E-state index contributed by atoms with van der Waals surface area (Å²) in [4.78, 5) is 51.5. The molecule has 0 atom stereocenters. The molecule has 0 aliphatic carbocycles. The van der Waals surface area contributed by atoms with Crippen molar-refractivity contribution in [3.63, 3.8) is 0 Å². The highest BCUT2D eigenvalue weighted by Crippen LogP contribution is 2.30. The van der Waals surface area contributed by atoms with Gasteiger partial charge in [0.05, 0.1) is 17.9 Å². The van der Waals surface area contributed by atoms with Crippen LogP contribution in [0.3, 0.4) is 0 Å². The number of anilines is 3. The second-order valence-corrected chi connectivity index (χ2v) is 9.07. The topological polar surface area (TPSA) is 105 Å². The normalized spacial score (nSPS) is 13.1. The van der Waals surface area contributed by atoms with Gasteiger partial charge in [0.2, 0.25) is 0 Å². The number of carbonyl (C=O) groups is 4. The highest BCUT2D eigenvalue weighted by atomic mass is 35.5. The van der Waals surface area contributed by atoms with Crippen molar-refractivity contribution in [2.75, 3.05) is 22.1 Å². The fraction of sp³-hybridized carbons (Fsp3) is 0.172. The number of unbranched alkanes of at least 4 members (excludes halogenated alkanes) is 1. The van der Waals surface area contributed by atoms with Crippen molar-refractivity contribution in [1.82, 2.24) is 0 Å². The largest absolute Gasteiger partial charge is 0.462 e. The van der Waals surface area contributed by atoms with Gasteiger partial charge in [-0.1, -0.05) is 48.7 Å². The number of nitrogens with zero attached hydrogens (tertiary/aromatic N) is 1. The van der Waals surface area contributed by atoms with Crippen molar-refractivity contribution >= 4 is 52.4 Å². The molecule has 0 saturated heterocycles. The summed E-state index contributed by atoms with van der Waals surface area (Å²) in [5, 5.41) is 5.43. The monoisotopic (exact) mass is 531 g/mol. The first-order chi connectivity index (χ1) is 18.3. The third kappa shape index (κ3) is 5.92. The first kappa shape index (κ1) is 26.6. The average Bonchev–Trinajstić information content (AvgIpc) is 3.12. The van der Waals surface area contributed by atoms with E-state index < -0.39 is 17.8 Å². The second-order valence-electron chi connectivity index (χ2n) is 8.70. The van der Waals surface area contributed by atoms with Crippen LogP contribution in [0.2, 0.25) is 0 Å². The van der Waals surface area contributed by atoms with E-state index in [4.69, 9.17) is 16.3 Å². The van der Waals surface area contributed by atoms with Gasteiger partial charge in [-0.05, 0) is 67.9 Å². The Morgan fingerprint density at radius 3 is 2.29 bits per heavy atom. The van der Waals surface area contributed by atoms with Crippen LogP contribution in [0, 0.1) is 6.92 Å². The Bertz CT molecular complexity index is 1410. The van der Waals surface area contributed by atoms with E-state index >= 15 is 0 Å². The molecule has 1 aliphatic rings. The highest BCUT2D eigenvalue weighted by Gasteiger charge is 2.38. The van der Waals surface area contributed by atoms with Gasteiger partial charge in [0.1, 0.15) is 10.7 Å². The zero-order valence-corrected chi connectivity index (χ0v) is 21.7. The van der Waals surface area contributed by atoms with Gasteiger partial charge in [-0.15, -0.1) is 0 Å². The number of hydrogen-bond donors (Lipinski definition) is 2. The lowest BCUT2D eigenvalue weighted by Gasteiger charge is -2.15. The van der Waals surface area contributed by atoms with Gasteiger partial charge in [-0.25, -0.2) is 9.69 Å². The number of amides is 3. The third-order valence-corrected chi connectivity index (χ3v) is 6.17. The van der Waals surface area contributed by atoms with Gasteiger partial charge < -0.3 is 15.4 Å². The van der Waals surface area contributed by atoms with Crippen LogP contribution in [-0.2, 0) is 14.3 Å². The predicted molar refractivity (Wildman–Crippen MR) is 146 cm³/mol. The Morgan fingerprint density at radius 1 is 0.895 bits per heavy atom. The molecule has 0 radical (unpaired) electrons. The molecule has 9 heteroatoms. The van der Waals surface area contributed by atoms with E-state index in [0.29, 0.717) is 34.8 Å². The maximum atomic E-state index is 12.9. The number of aryl methyl sites for hydroxylation is 1. The predicted octanol–water partition coefficient (Wildman–Crippen LogP) is 5.64. The molecule has 0 saturated carbocycles. The minimum absolute atomic E-state index is 0.0444. The van der Waals surface area contributed by atoms with Gasteiger partial charge in [0.15, 0.2) is 0 Å². The zero-order chi connectivity index (χ0) is 27.2. The molecule has 0 unspecified atom stereocenters. The van der Waals surface area contributed by atoms with Crippen LogP contribution < -0.4 is 15.5 Å². The number of halogens is 1. The lowest BCUT2D eigenvalue weighted by molar-refractivity contribution is -0.120. The van der Waals surface area contributed by atoms with Crippen LogP contribution in [0.15, 0.2) is 83.5 Å². The van der Waals surface area contributed by atoms with Gasteiger partial charge >= 0.3 is 5.97 Å². The summed E-state index contributed by atoms with van der Waals surface area (Å²) in [5.41, 5.74) is 2.99. The molecule has 2 N–H and O–H groups in total. The minimum Gasteiger partial charge on any atom is -0.462 e. The van der Waals surface area contributed by atoms with Crippen LogP contribution in [0.1, 0.15) is 46.0 Å². The molecule has 0 fully saturated rings. The molecular formula is C29H26ClN3O5. The molecule has 38 heavy (non-hydrogen) atoms. The van der Waals surface area contributed by atoms with Gasteiger partial charge in [-0.3, -0.25) is 14.4 Å². The summed E-state index contributed by atoms with van der Waals surface area (Å²) in [5.74, 6) is -2.02. The van der Waals surface area contributed by atoms with E-state index in [1.165, 1.54) is 0 Å². The lowest BCUT2D eigenvalue weighted by atomic mass is 10.1. The van der Waals surface area contributed by atoms with Crippen LogP contribution in [0.5, 0.6) is 0 Å². The van der Waals surface area contributed by atoms with Crippen LogP contribution >= 0.6 is 11.6 Å². The van der Waals surface area contributed by atoms with Gasteiger partial charge in [-0.2, -0.15) is 0 Å². The SMILES string of the molecule is CCCCOC(=O)c1cccc(NC(=O)c2ccc(NC3=C(Cl)C(=O)N(c4ccc(C)cc4)C3=O)cc2)c1. The lowest BCUT2D eigenvalue weighted by Crippen LogP contribution is -2.32. The number of benzene rings is 3. The smallest absolute Gasteiger partial charge is 0.338 e. The van der Waals surface area contributed by atoms with E-state index in [2.05, 4.69) is 10.6 Å². The Balaban J connectivity index is 1.41. The molecular weight excluding hydrogens is 506 g/mol. The molecule has 1 aliphatic heterocycles. The molecule has 3 aromatic carbocycles. The highest BCUT2D eigenvalue weighted by molar-refractivity contribution is 6.53. The molecule has 8 nitrogen and oxygen atoms in total. The Hall–Kier alpha value is -4.43. The van der Waals surface area contributed by atoms with Crippen LogP contribution in [-0.4, -0.2) is 30.3 Å². The number of carbonyl (C=O) groups excluding carboxylic acids is 4. The summed E-state index contributed by atoms with van der Waals surface area (Å²) in [6.07, 6.45) is 1.70. The standard InChI is InChI=1S/C29H26ClN3O5/c1-3-4-16-38-29(37)20-6-5-7-22(17-20)32-26(34)19-10-12-21(13-11-19)31-25-24(30)27(35)33(28(25)36)23-14-8-18(2)9-15-23/h5-15,17,31H,3-4,16H2,1-2H3,(H,32,34). The fourth-order valence-corrected chi connectivity index (χ4v) is 3.92. The summed E-state index contributed by atoms with van der Waals surface area (Å²) >= 11 is 6.20. The van der Waals surface area contributed by atoms with E-state index in [1.54, 1.807) is 72.8 Å². The first-order valence-corrected chi connectivity index (χ1v) is 12.5.